The van der Waals surface area contributed by atoms with Crippen LogP contribution in [0.25, 0.3) is 0 Å². The van der Waals surface area contributed by atoms with Gasteiger partial charge in [-0.1, -0.05) is 30.3 Å². The van der Waals surface area contributed by atoms with Gasteiger partial charge in [-0.25, -0.2) is 4.98 Å². The molecule has 24 heavy (non-hydrogen) atoms. The largest absolute Gasteiger partial charge is 0.347 e. The molecule has 0 unspecified atom stereocenters. The summed E-state index contributed by atoms with van der Waals surface area (Å²) in [5.41, 5.74) is 2.63. The molecule has 1 aromatic heterocycles. The molecule has 0 atom stereocenters. The zero-order valence-electron chi connectivity index (χ0n) is 14.7. The number of piperidine rings is 1. The van der Waals surface area contributed by atoms with Crippen LogP contribution in [-0.4, -0.2) is 40.5 Å². The number of hydrogen-bond donors (Lipinski definition) is 1. The number of benzene rings is 1. The van der Waals surface area contributed by atoms with Gasteiger partial charge in [0.1, 0.15) is 11.5 Å². The topological polar surface area (TPSA) is 50.2 Å². The second-order valence-corrected chi connectivity index (χ2v) is 6.67. The Morgan fingerprint density at radius 1 is 1.21 bits per heavy atom. The lowest BCUT2D eigenvalue weighted by molar-refractivity contribution is 0.0945. The monoisotopic (exact) mass is 326 g/mol. The van der Waals surface area contributed by atoms with Crippen molar-refractivity contribution < 1.29 is 4.79 Å². The number of rotatable bonds is 4. The summed E-state index contributed by atoms with van der Waals surface area (Å²) in [6, 6.07) is 10.4. The van der Waals surface area contributed by atoms with Gasteiger partial charge in [-0.15, -0.1) is 0 Å². The van der Waals surface area contributed by atoms with Crippen molar-refractivity contribution in [3.63, 3.8) is 0 Å². The van der Waals surface area contributed by atoms with Crippen molar-refractivity contribution in [3.8, 4) is 0 Å². The molecule has 1 N–H and O–H groups in total. The van der Waals surface area contributed by atoms with E-state index in [1.165, 1.54) is 0 Å². The van der Waals surface area contributed by atoms with E-state index in [-0.39, 0.29) is 5.91 Å². The summed E-state index contributed by atoms with van der Waals surface area (Å²) in [5, 5.41) is 2.98. The SMILES string of the molecule is Cc1nc(C(=O)NCc2ccccc2)c(C)n1C1CCN(C)CC1. The fraction of sp³-hybridized carbons (Fsp3) is 0.474. The maximum Gasteiger partial charge on any atom is 0.272 e. The molecule has 5 nitrogen and oxygen atoms in total. The lowest BCUT2D eigenvalue weighted by Crippen LogP contribution is -2.32. The predicted molar refractivity (Wildman–Crippen MR) is 95.1 cm³/mol. The van der Waals surface area contributed by atoms with Crippen molar-refractivity contribution in [1.29, 1.82) is 0 Å². The molecule has 0 radical (unpaired) electrons. The molecule has 5 heteroatoms. The molecule has 1 aliphatic heterocycles. The smallest absolute Gasteiger partial charge is 0.272 e. The average Bonchev–Trinajstić information content (AvgIpc) is 2.89. The van der Waals surface area contributed by atoms with E-state index < -0.39 is 0 Å². The Labute approximate surface area is 143 Å². The third-order valence-electron chi connectivity index (χ3n) is 4.89. The highest BCUT2D eigenvalue weighted by Gasteiger charge is 2.25. The normalized spacial score (nSPS) is 16.3. The van der Waals surface area contributed by atoms with Gasteiger partial charge < -0.3 is 14.8 Å². The van der Waals surface area contributed by atoms with Gasteiger partial charge in [0.2, 0.25) is 0 Å². The Morgan fingerprint density at radius 2 is 1.88 bits per heavy atom. The maximum atomic E-state index is 12.5. The molecule has 0 saturated carbocycles. The molecule has 1 fully saturated rings. The highest BCUT2D eigenvalue weighted by molar-refractivity contribution is 5.93. The third-order valence-corrected chi connectivity index (χ3v) is 4.89. The molecule has 1 aliphatic rings. The highest BCUT2D eigenvalue weighted by Crippen LogP contribution is 2.26. The molecule has 0 spiro atoms. The standard InChI is InChI=1S/C19H26N4O/c1-14-18(19(24)20-13-16-7-5-4-6-8-16)21-15(2)23(14)17-9-11-22(3)12-10-17/h4-8,17H,9-13H2,1-3H3,(H,20,24). The summed E-state index contributed by atoms with van der Waals surface area (Å²) < 4.78 is 2.25. The van der Waals surface area contributed by atoms with Crippen LogP contribution in [0.2, 0.25) is 0 Å². The van der Waals surface area contributed by atoms with Crippen LogP contribution in [0, 0.1) is 13.8 Å². The number of carbonyl (C=O) groups is 1. The summed E-state index contributed by atoms with van der Waals surface area (Å²) in [6.45, 7) is 6.73. The lowest BCUT2D eigenvalue weighted by Gasteiger charge is -2.31. The number of nitrogens with zero attached hydrogens (tertiary/aromatic N) is 3. The number of hydrogen-bond acceptors (Lipinski definition) is 3. The van der Waals surface area contributed by atoms with Gasteiger partial charge in [0, 0.05) is 18.3 Å². The van der Waals surface area contributed by atoms with Crippen molar-refractivity contribution >= 4 is 5.91 Å². The Kier molecular flexibility index (Phi) is 5.00. The van der Waals surface area contributed by atoms with Crippen molar-refractivity contribution in [2.24, 2.45) is 0 Å². The molecule has 0 bridgehead atoms. The van der Waals surface area contributed by atoms with Gasteiger partial charge in [0.05, 0.1) is 0 Å². The van der Waals surface area contributed by atoms with Crippen LogP contribution in [0.15, 0.2) is 30.3 Å². The summed E-state index contributed by atoms with van der Waals surface area (Å²) in [6.07, 6.45) is 2.22. The molecule has 2 heterocycles. The first-order valence-corrected chi connectivity index (χ1v) is 8.62. The van der Waals surface area contributed by atoms with E-state index in [1.807, 2.05) is 44.2 Å². The van der Waals surface area contributed by atoms with Crippen LogP contribution in [0.1, 0.15) is 46.5 Å². The number of likely N-dealkylation sites (tertiary alicyclic amines) is 1. The van der Waals surface area contributed by atoms with E-state index in [4.69, 9.17) is 0 Å². The molecular weight excluding hydrogens is 300 g/mol. The number of amides is 1. The molecule has 0 aliphatic carbocycles. The van der Waals surface area contributed by atoms with Gasteiger partial charge >= 0.3 is 0 Å². The summed E-state index contributed by atoms with van der Waals surface area (Å²) in [7, 11) is 2.16. The van der Waals surface area contributed by atoms with Crippen LogP contribution in [0.3, 0.4) is 0 Å². The van der Waals surface area contributed by atoms with Crippen LogP contribution in [0.4, 0.5) is 0 Å². The Bertz CT molecular complexity index is 700. The van der Waals surface area contributed by atoms with Crippen LogP contribution in [-0.2, 0) is 6.54 Å². The minimum atomic E-state index is -0.0915. The summed E-state index contributed by atoms with van der Waals surface area (Å²) in [4.78, 5) is 19.5. The van der Waals surface area contributed by atoms with E-state index in [0.717, 1.165) is 43.0 Å². The third kappa shape index (κ3) is 3.51. The summed E-state index contributed by atoms with van der Waals surface area (Å²) >= 11 is 0. The zero-order chi connectivity index (χ0) is 17.1. The Hall–Kier alpha value is -2.14. The van der Waals surface area contributed by atoms with E-state index in [1.54, 1.807) is 0 Å². The first-order valence-electron chi connectivity index (χ1n) is 8.62. The summed E-state index contributed by atoms with van der Waals surface area (Å²) in [5.74, 6) is 0.845. The Morgan fingerprint density at radius 3 is 2.54 bits per heavy atom. The van der Waals surface area contributed by atoms with Crippen molar-refractivity contribution in [2.75, 3.05) is 20.1 Å². The van der Waals surface area contributed by atoms with Gasteiger partial charge in [0.25, 0.3) is 5.91 Å². The van der Waals surface area contributed by atoms with Crippen LogP contribution < -0.4 is 5.32 Å². The minimum Gasteiger partial charge on any atom is -0.347 e. The lowest BCUT2D eigenvalue weighted by atomic mass is 10.0. The van der Waals surface area contributed by atoms with E-state index in [9.17, 15) is 4.79 Å². The number of aromatic nitrogens is 2. The first kappa shape index (κ1) is 16.7. The number of imidazole rings is 1. The van der Waals surface area contributed by atoms with E-state index >= 15 is 0 Å². The number of aryl methyl sites for hydroxylation is 1. The molecule has 1 amide bonds. The molecule has 1 saturated heterocycles. The molecule has 1 aromatic carbocycles. The Balaban J connectivity index is 1.72. The predicted octanol–water partition coefficient (Wildman–Crippen LogP) is 2.70. The molecular formula is C19H26N4O. The minimum absolute atomic E-state index is 0.0915. The number of carbonyl (C=O) groups excluding carboxylic acids is 1. The fourth-order valence-corrected chi connectivity index (χ4v) is 3.52. The highest BCUT2D eigenvalue weighted by atomic mass is 16.1. The van der Waals surface area contributed by atoms with Gasteiger partial charge in [-0.3, -0.25) is 4.79 Å². The number of nitrogens with one attached hydrogen (secondary N) is 1. The van der Waals surface area contributed by atoms with E-state index in [2.05, 4.69) is 26.8 Å². The molecule has 128 valence electrons. The molecule has 3 rings (SSSR count). The zero-order valence-corrected chi connectivity index (χ0v) is 14.7. The van der Waals surface area contributed by atoms with Crippen molar-refractivity contribution in [1.82, 2.24) is 19.8 Å². The quantitative estimate of drug-likeness (QED) is 0.940. The first-order chi connectivity index (χ1) is 11.6. The average molecular weight is 326 g/mol. The van der Waals surface area contributed by atoms with Crippen LogP contribution in [0.5, 0.6) is 0 Å². The second kappa shape index (κ2) is 7.18. The van der Waals surface area contributed by atoms with E-state index in [0.29, 0.717) is 18.3 Å². The van der Waals surface area contributed by atoms with Crippen molar-refractivity contribution in [2.45, 2.75) is 39.3 Å². The fourth-order valence-electron chi connectivity index (χ4n) is 3.52. The van der Waals surface area contributed by atoms with Crippen LogP contribution >= 0.6 is 0 Å². The van der Waals surface area contributed by atoms with Crippen molar-refractivity contribution in [3.05, 3.63) is 53.1 Å². The maximum absolute atomic E-state index is 12.5. The van der Waals surface area contributed by atoms with Gasteiger partial charge in [-0.05, 0) is 52.4 Å². The van der Waals surface area contributed by atoms with Gasteiger partial charge in [0.15, 0.2) is 0 Å². The molecule has 2 aromatic rings. The van der Waals surface area contributed by atoms with Gasteiger partial charge in [-0.2, -0.15) is 0 Å². The second-order valence-electron chi connectivity index (χ2n) is 6.67.